The first-order chi connectivity index (χ1) is 15.5. The van der Waals surface area contributed by atoms with Crippen LogP contribution >= 0.6 is 11.8 Å². The maximum absolute atomic E-state index is 13.3. The van der Waals surface area contributed by atoms with Gasteiger partial charge in [-0.25, -0.2) is 18.9 Å². The fourth-order valence-electron chi connectivity index (χ4n) is 4.05. The molecule has 4 aromatic rings. The summed E-state index contributed by atoms with van der Waals surface area (Å²) in [5, 5.41) is 7.45. The lowest BCUT2D eigenvalue weighted by Gasteiger charge is -2.27. The third-order valence-electron chi connectivity index (χ3n) is 5.65. The number of nitrogens with one attached hydrogen (secondary N) is 1. The molecular formula is C23H24N6O2S. The molecule has 8 nitrogen and oxygen atoms in total. The second-order valence-electron chi connectivity index (χ2n) is 7.99. The Morgan fingerprint density at radius 1 is 1.12 bits per heavy atom. The Bertz CT molecular complexity index is 1390. The molecule has 5 rings (SSSR count). The molecular weight excluding hydrogens is 424 g/mol. The maximum atomic E-state index is 13.3. The molecule has 2 aromatic carbocycles. The van der Waals surface area contributed by atoms with Crippen LogP contribution in [0.2, 0.25) is 0 Å². The van der Waals surface area contributed by atoms with E-state index in [2.05, 4.69) is 15.3 Å². The van der Waals surface area contributed by atoms with Crippen LogP contribution in [0.1, 0.15) is 11.1 Å². The molecule has 3 heterocycles. The Labute approximate surface area is 189 Å². The Morgan fingerprint density at radius 2 is 1.91 bits per heavy atom. The van der Waals surface area contributed by atoms with Crippen molar-refractivity contribution in [3.8, 4) is 0 Å². The summed E-state index contributed by atoms with van der Waals surface area (Å²) in [7, 11) is 0. The number of thioether (sulfide) groups is 1. The molecule has 0 radical (unpaired) electrons. The third kappa shape index (κ3) is 3.73. The fraction of sp³-hybridized carbons (Fsp3) is 0.304. The van der Waals surface area contributed by atoms with Gasteiger partial charge in [-0.15, -0.1) is 5.10 Å². The zero-order valence-corrected chi connectivity index (χ0v) is 18.9. The molecule has 0 saturated carbocycles. The second-order valence-corrected chi connectivity index (χ2v) is 9.21. The molecule has 1 amide bonds. The first-order valence-corrected chi connectivity index (χ1v) is 11.7. The van der Waals surface area contributed by atoms with Gasteiger partial charge in [0.15, 0.2) is 5.82 Å². The predicted octanol–water partition coefficient (Wildman–Crippen LogP) is 2.85. The van der Waals surface area contributed by atoms with Crippen LogP contribution in [0.3, 0.4) is 0 Å². The van der Waals surface area contributed by atoms with Gasteiger partial charge in [-0.1, -0.05) is 29.8 Å². The molecule has 0 atom stereocenters. The molecule has 1 fully saturated rings. The molecule has 1 aliphatic rings. The highest BCUT2D eigenvalue weighted by atomic mass is 32.2. The van der Waals surface area contributed by atoms with Crippen LogP contribution in [-0.2, 0) is 11.3 Å². The Hall–Kier alpha value is -3.33. The lowest BCUT2D eigenvalue weighted by atomic mass is 10.1. The highest BCUT2D eigenvalue weighted by Crippen LogP contribution is 2.25. The number of nitrogens with zero attached hydrogens (tertiary/aromatic N) is 5. The summed E-state index contributed by atoms with van der Waals surface area (Å²) in [5.74, 6) is 2.40. The number of anilines is 2. The number of aromatic nitrogens is 4. The molecule has 1 N–H and O–H groups in total. The second kappa shape index (κ2) is 8.31. The summed E-state index contributed by atoms with van der Waals surface area (Å²) < 4.78 is 2.80. The van der Waals surface area contributed by atoms with E-state index in [1.807, 2.05) is 68.1 Å². The van der Waals surface area contributed by atoms with Crippen molar-refractivity contribution in [1.82, 2.24) is 19.2 Å². The van der Waals surface area contributed by atoms with Gasteiger partial charge in [0.05, 0.1) is 11.0 Å². The summed E-state index contributed by atoms with van der Waals surface area (Å²) in [6.45, 7) is 5.48. The van der Waals surface area contributed by atoms with Crippen molar-refractivity contribution >= 4 is 45.9 Å². The first kappa shape index (κ1) is 20.6. The van der Waals surface area contributed by atoms with E-state index >= 15 is 0 Å². The minimum absolute atomic E-state index is 0.169. The maximum Gasteiger partial charge on any atom is 0.351 e. The van der Waals surface area contributed by atoms with E-state index in [9.17, 15) is 9.59 Å². The largest absolute Gasteiger partial charge is 0.352 e. The van der Waals surface area contributed by atoms with Gasteiger partial charge in [-0.3, -0.25) is 4.79 Å². The smallest absolute Gasteiger partial charge is 0.351 e. The number of benzene rings is 2. The van der Waals surface area contributed by atoms with Crippen molar-refractivity contribution in [3.05, 3.63) is 64.1 Å². The minimum Gasteiger partial charge on any atom is -0.352 e. The number of rotatable bonds is 4. The normalized spacial score (nSPS) is 14.2. The summed E-state index contributed by atoms with van der Waals surface area (Å²) in [4.78, 5) is 33.1. The molecule has 1 aliphatic heterocycles. The average Bonchev–Trinajstić information content (AvgIpc) is 3.12. The van der Waals surface area contributed by atoms with Crippen molar-refractivity contribution in [3.63, 3.8) is 0 Å². The number of hydrogen-bond acceptors (Lipinski definition) is 6. The zero-order chi connectivity index (χ0) is 22.2. The molecule has 9 heteroatoms. The van der Waals surface area contributed by atoms with E-state index in [0.717, 1.165) is 46.9 Å². The van der Waals surface area contributed by atoms with Crippen LogP contribution < -0.4 is 15.9 Å². The summed E-state index contributed by atoms with van der Waals surface area (Å²) in [6, 6.07) is 13.4. The predicted molar refractivity (Wildman–Crippen MR) is 129 cm³/mol. The van der Waals surface area contributed by atoms with Crippen molar-refractivity contribution in [2.45, 2.75) is 20.4 Å². The van der Waals surface area contributed by atoms with Gasteiger partial charge in [0, 0.05) is 30.3 Å². The van der Waals surface area contributed by atoms with Gasteiger partial charge in [0.1, 0.15) is 6.54 Å². The molecule has 0 bridgehead atoms. The summed E-state index contributed by atoms with van der Waals surface area (Å²) in [6.07, 6.45) is 0. The zero-order valence-electron chi connectivity index (χ0n) is 18.0. The van der Waals surface area contributed by atoms with Crippen molar-refractivity contribution < 1.29 is 4.79 Å². The van der Waals surface area contributed by atoms with Crippen LogP contribution in [0.15, 0.2) is 47.3 Å². The number of para-hydroxylation sites is 2. The summed E-state index contributed by atoms with van der Waals surface area (Å²) >= 11 is 1.91. The molecule has 2 aromatic heterocycles. The van der Waals surface area contributed by atoms with E-state index in [1.165, 1.54) is 4.68 Å². The van der Waals surface area contributed by atoms with Crippen molar-refractivity contribution in [2.24, 2.45) is 0 Å². The molecule has 0 spiro atoms. The molecule has 164 valence electrons. The van der Waals surface area contributed by atoms with Crippen LogP contribution in [0, 0.1) is 13.8 Å². The molecule has 1 saturated heterocycles. The van der Waals surface area contributed by atoms with Gasteiger partial charge in [0.2, 0.25) is 11.6 Å². The van der Waals surface area contributed by atoms with Gasteiger partial charge >= 0.3 is 5.69 Å². The Kier molecular flexibility index (Phi) is 5.34. The molecule has 32 heavy (non-hydrogen) atoms. The number of aryl methyl sites for hydroxylation is 2. The topological polar surface area (TPSA) is 84.5 Å². The van der Waals surface area contributed by atoms with E-state index < -0.39 is 0 Å². The third-order valence-corrected chi connectivity index (χ3v) is 6.59. The molecule has 0 aliphatic carbocycles. The highest BCUT2D eigenvalue weighted by Gasteiger charge is 2.22. The van der Waals surface area contributed by atoms with Crippen molar-refractivity contribution in [2.75, 3.05) is 34.8 Å². The van der Waals surface area contributed by atoms with Crippen molar-refractivity contribution in [1.29, 1.82) is 0 Å². The van der Waals surface area contributed by atoms with E-state index in [0.29, 0.717) is 17.0 Å². The standard InChI is InChI=1S/C23H24N6O2S/c1-15-7-8-17(16(2)13-15)24-20(30)14-28-23(31)29-19-6-4-3-5-18(19)25-21(22(29)26-28)27-9-11-32-12-10-27/h3-8,13H,9-12,14H2,1-2H3,(H,24,30). The number of carbonyl (C=O) groups is 1. The van der Waals surface area contributed by atoms with Crippen LogP contribution in [0.4, 0.5) is 11.5 Å². The van der Waals surface area contributed by atoms with Crippen LogP contribution in [0.5, 0.6) is 0 Å². The number of fused-ring (bicyclic) bond motifs is 3. The fourth-order valence-corrected chi connectivity index (χ4v) is 4.95. The molecule has 0 unspecified atom stereocenters. The lowest BCUT2D eigenvalue weighted by molar-refractivity contribution is -0.117. The number of hydrogen-bond donors (Lipinski definition) is 1. The Morgan fingerprint density at radius 3 is 2.69 bits per heavy atom. The van der Waals surface area contributed by atoms with Crippen LogP contribution in [-0.4, -0.2) is 49.7 Å². The van der Waals surface area contributed by atoms with Gasteiger partial charge in [0.25, 0.3) is 0 Å². The van der Waals surface area contributed by atoms with Gasteiger partial charge < -0.3 is 10.2 Å². The SMILES string of the molecule is Cc1ccc(NC(=O)Cn2nc3c(N4CCSCC4)nc4ccccc4n3c2=O)c(C)c1. The quantitative estimate of drug-likeness (QED) is 0.517. The monoisotopic (exact) mass is 448 g/mol. The van der Waals surface area contributed by atoms with Gasteiger partial charge in [-0.05, 0) is 37.6 Å². The minimum atomic E-state index is -0.345. The van der Waals surface area contributed by atoms with E-state index in [-0.39, 0.29) is 18.1 Å². The van der Waals surface area contributed by atoms with E-state index in [4.69, 9.17) is 4.98 Å². The lowest BCUT2D eigenvalue weighted by Crippen LogP contribution is -2.33. The number of amides is 1. The first-order valence-electron chi connectivity index (χ1n) is 10.6. The highest BCUT2D eigenvalue weighted by molar-refractivity contribution is 7.99. The van der Waals surface area contributed by atoms with E-state index in [1.54, 1.807) is 4.40 Å². The number of carbonyl (C=O) groups excluding carboxylic acids is 1. The average molecular weight is 449 g/mol. The van der Waals surface area contributed by atoms with Gasteiger partial charge in [-0.2, -0.15) is 11.8 Å². The summed E-state index contributed by atoms with van der Waals surface area (Å²) in [5.41, 5.74) is 4.39. The van der Waals surface area contributed by atoms with Crippen LogP contribution in [0.25, 0.3) is 16.7 Å². The Balaban J connectivity index is 1.55.